The zero-order valence-corrected chi connectivity index (χ0v) is 12.9. The molecule has 0 heterocycles. The molecule has 0 radical (unpaired) electrons. The number of likely N-dealkylation sites (N-methyl/N-ethyl adjacent to an activating group) is 2. The van der Waals surface area contributed by atoms with Gasteiger partial charge in [-0.1, -0.05) is 0 Å². The number of hydrogen-bond acceptors (Lipinski definition) is 4. The molecule has 0 saturated carbocycles. The standard InChI is InChI=1S/C15H18F2N2O4/c1-3-18-13(20)8-19(4-2)14(21)9-23-15(22)11-6-5-10(16)7-12(11)17/h5-7H,3-4,8-9H2,1-2H3,(H,18,20). The van der Waals surface area contributed by atoms with E-state index < -0.39 is 35.7 Å². The number of carbonyl (C=O) groups is 3. The lowest BCUT2D eigenvalue weighted by molar-refractivity contribution is -0.138. The normalized spacial score (nSPS) is 10.1. The quantitative estimate of drug-likeness (QED) is 0.761. The van der Waals surface area contributed by atoms with Gasteiger partial charge in [0.15, 0.2) is 6.61 Å². The zero-order chi connectivity index (χ0) is 17.4. The first kappa shape index (κ1) is 18.5. The van der Waals surface area contributed by atoms with Gasteiger partial charge in [-0.05, 0) is 26.0 Å². The van der Waals surface area contributed by atoms with Crippen LogP contribution in [0.3, 0.4) is 0 Å². The van der Waals surface area contributed by atoms with Gasteiger partial charge in [0.2, 0.25) is 5.91 Å². The van der Waals surface area contributed by atoms with Crippen molar-refractivity contribution in [2.45, 2.75) is 13.8 Å². The van der Waals surface area contributed by atoms with Crippen LogP contribution in [0.1, 0.15) is 24.2 Å². The second-order valence-electron chi connectivity index (χ2n) is 4.56. The molecule has 0 unspecified atom stereocenters. The third-order valence-corrected chi connectivity index (χ3v) is 2.92. The van der Waals surface area contributed by atoms with Crippen molar-refractivity contribution >= 4 is 17.8 Å². The van der Waals surface area contributed by atoms with Crippen LogP contribution in [-0.2, 0) is 14.3 Å². The molecule has 8 heteroatoms. The summed E-state index contributed by atoms with van der Waals surface area (Å²) in [5.41, 5.74) is -0.467. The SMILES string of the molecule is CCNC(=O)CN(CC)C(=O)COC(=O)c1ccc(F)cc1F. The monoisotopic (exact) mass is 328 g/mol. The molecule has 0 saturated heterocycles. The number of ether oxygens (including phenoxy) is 1. The van der Waals surface area contributed by atoms with Crippen LogP contribution in [0, 0.1) is 11.6 Å². The van der Waals surface area contributed by atoms with E-state index in [1.165, 1.54) is 4.90 Å². The maximum Gasteiger partial charge on any atom is 0.341 e. The van der Waals surface area contributed by atoms with Crippen molar-refractivity contribution < 1.29 is 27.9 Å². The van der Waals surface area contributed by atoms with Gasteiger partial charge in [-0.2, -0.15) is 0 Å². The van der Waals surface area contributed by atoms with Crippen LogP contribution < -0.4 is 5.32 Å². The van der Waals surface area contributed by atoms with Crippen LogP contribution in [0.2, 0.25) is 0 Å². The van der Waals surface area contributed by atoms with Gasteiger partial charge in [0.1, 0.15) is 11.6 Å². The minimum absolute atomic E-state index is 0.161. The molecule has 0 atom stereocenters. The highest BCUT2D eigenvalue weighted by molar-refractivity contribution is 5.92. The summed E-state index contributed by atoms with van der Waals surface area (Å²) in [5, 5.41) is 2.54. The largest absolute Gasteiger partial charge is 0.452 e. The van der Waals surface area contributed by atoms with Gasteiger partial charge in [0.05, 0.1) is 12.1 Å². The molecule has 1 aromatic rings. The highest BCUT2D eigenvalue weighted by Crippen LogP contribution is 2.10. The fourth-order valence-electron chi connectivity index (χ4n) is 1.75. The number of amides is 2. The van der Waals surface area contributed by atoms with Crippen molar-refractivity contribution in [2.24, 2.45) is 0 Å². The van der Waals surface area contributed by atoms with Gasteiger partial charge in [-0.15, -0.1) is 0 Å². The van der Waals surface area contributed by atoms with Crippen molar-refractivity contribution in [1.82, 2.24) is 10.2 Å². The van der Waals surface area contributed by atoms with E-state index in [2.05, 4.69) is 5.32 Å². The Labute approximate surface area is 132 Å². The first-order valence-electron chi connectivity index (χ1n) is 7.05. The summed E-state index contributed by atoms with van der Waals surface area (Å²) in [4.78, 5) is 36.2. The second-order valence-corrected chi connectivity index (χ2v) is 4.56. The molecule has 6 nitrogen and oxygen atoms in total. The van der Waals surface area contributed by atoms with Crippen molar-refractivity contribution in [3.63, 3.8) is 0 Å². The summed E-state index contributed by atoms with van der Waals surface area (Å²) in [6.45, 7) is 3.30. The number of nitrogens with zero attached hydrogens (tertiary/aromatic N) is 1. The fraction of sp³-hybridized carbons (Fsp3) is 0.400. The molecule has 1 N–H and O–H groups in total. The van der Waals surface area contributed by atoms with Crippen LogP contribution in [0.15, 0.2) is 18.2 Å². The van der Waals surface area contributed by atoms with E-state index in [-0.39, 0.29) is 19.0 Å². The number of halogens is 2. The molecule has 2 amide bonds. The molecule has 0 aliphatic carbocycles. The van der Waals surface area contributed by atoms with Gasteiger partial charge in [0, 0.05) is 19.2 Å². The molecule has 0 bridgehead atoms. The van der Waals surface area contributed by atoms with Crippen LogP contribution in [0.5, 0.6) is 0 Å². The van der Waals surface area contributed by atoms with E-state index in [0.717, 1.165) is 12.1 Å². The fourth-order valence-corrected chi connectivity index (χ4v) is 1.75. The Morgan fingerprint density at radius 2 is 1.91 bits per heavy atom. The molecule has 0 spiro atoms. The molecule has 0 fully saturated rings. The lowest BCUT2D eigenvalue weighted by atomic mass is 10.2. The smallest absolute Gasteiger partial charge is 0.341 e. The summed E-state index contributed by atoms with van der Waals surface area (Å²) in [6, 6.07) is 2.39. The maximum atomic E-state index is 13.4. The molecule has 0 aliphatic rings. The van der Waals surface area contributed by atoms with E-state index in [0.29, 0.717) is 12.6 Å². The zero-order valence-electron chi connectivity index (χ0n) is 12.9. The topological polar surface area (TPSA) is 75.7 Å². The Morgan fingerprint density at radius 1 is 1.22 bits per heavy atom. The molecule has 0 aliphatic heterocycles. The summed E-state index contributed by atoms with van der Waals surface area (Å²) in [7, 11) is 0. The van der Waals surface area contributed by atoms with E-state index in [4.69, 9.17) is 4.74 Å². The van der Waals surface area contributed by atoms with Crippen molar-refractivity contribution in [3.05, 3.63) is 35.4 Å². The average molecular weight is 328 g/mol. The maximum absolute atomic E-state index is 13.4. The summed E-state index contributed by atoms with van der Waals surface area (Å²) in [5.74, 6) is -3.90. The van der Waals surface area contributed by atoms with Crippen LogP contribution >= 0.6 is 0 Å². The molecule has 1 rings (SSSR count). The van der Waals surface area contributed by atoms with E-state index in [9.17, 15) is 23.2 Å². The summed E-state index contributed by atoms with van der Waals surface area (Å²) < 4.78 is 30.9. The first-order valence-corrected chi connectivity index (χ1v) is 7.05. The number of hydrogen-bond donors (Lipinski definition) is 1. The third-order valence-electron chi connectivity index (χ3n) is 2.92. The van der Waals surface area contributed by atoms with Gasteiger partial charge in [-0.25, -0.2) is 13.6 Å². The lowest BCUT2D eigenvalue weighted by Crippen LogP contribution is -2.42. The van der Waals surface area contributed by atoms with Crippen molar-refractivity contribution in [2.75, 3.05) is 26.2 Å². The minimum Gasteiger partial charge on any atom is -0.452 e. The Kier molecular flexibility index (Phi) is 7.11. The number of esters is 1. The molecule has 126 valence electrons. The number of benzene rings is 1. The summed E-state index contributed by atoms with van der Waals surface area (Å²) in [6.07, 6.45) is 0. The van der Waals surface area contributed by atoms with Gasteiger partial charge < -0.3 is 15.0 Å². The van der Waals surface area contributed by atoms with Crippen LogP contribution in [0.25, 0.3) is 0 Å². The van der Waals surface area contributed by atoms with Crippen LogP contribution in [-0.4, -0.2) is 48.9 Å². The Hall–Kier alpha value is -2.51. The average Bonchev–Trinajstić information content (AvgIpc) is 2.50. The van der Waals surface area contributed by atoms with Gasteiger partial charge in [0.25, 0.3) is 5.91 Å². The molecular formula is C15H18F2N2O4. The lowest BCUT2D eigenvalue weighted by Gasteiger charge is -2.20. The number of rotatable bonds is 7. The highest BCUT2D eigenvalue weighted by Gasteiger charge is 2.19. The number of carbonyl (C=O) groups excluding carboxylic acids is 3. The molecule has 0 aromatic heterocycles. The van der Waals surface area contributed by atoms with Gasteiger partial charge in [-0.3, -0.25) is 9.59 Å². The predicted octanol–water partition coefficient (Wildman–Crippen LogP) is 1.11. The Bertz CT molecular complexity index is 593. The number of nitrogens with one attached hydrogen (secondary N) is 1. The van der Waals surface area contributed by atoms with E-state index in [1.54, 1.807) is 13.8 Å². The van der Waals surface area contributed by atoms with Crippen molar-refractivity contribution in [3.8, 4) is 0 Å². The Balaban J connectivity index is 2.59. The first-order chi connectivity index (χ1) is 10.9. The van der Waals surface area contributed by atoms with Crippen molar-refractivity contribution in [1.29, 1.82) is 0 Å². The van der Waals surface area contributed by atoms with E-state index >= 15 is 0 Å². The second kappa shape index (κ2) is 8.82. The molecule has 23 heavy (non-hydrogen) atoms. The van der Waals surface area contributed by atoms with E-state index in [1.807, 2.05) is 0 Å². The Morgan fingerprint density at radius 3 is 2.48 bits per heavy atom. The molecular weight excluding hydrogens is 310 g/mol. The predicted molar refractivity (Wildman–Crippen MR) is 77.6 cm³/mol. The highest BCUT2D eigenvalue weighted by atomic mass is 19.1. The third kappa shape index (κ3) is 5.65. The minimum atomic E-state index is -1.08. The summed E-state index contributed by atoms with van der Waals surface area (Å²) >= 11 is 0. The van der Waals surface area contributed by atoms with Crippen LogP contribution in [0.4, 0.5) is 8.78 Å². The molecule has 1 aromatic carbocycles. The van der Waals surface area contributed by atoms with Gasteiger partial charge >= 0.3 is 5.97 Å².